The Bertz CT molecular complexity index is 421. The molecule has 0 amide bonds. The van der Waals surface area contributed by atoms with Crippen LogP contribution < -0.4 is 0 Å². The van der Waals surface area contributed by atoms with E-state index in [-0.39, 0.29) is 0 Å². The second-order valence-electron chi connectivity index (χ2n) is 4.76. The molecule has 0 spiro atoms. The van der Waals surface area contributed by atoms with Crippen molar-refractivity contribution in [1.29, 1.82) is 0 Å². The van der Waals surface area contributed by atoms with E-state index in [0.29, 0.717) is 11.7 Å². The van der Waals surface area contributed by atoms with E-state index >= 15 is 0 Å². The highest BCUT2D eigenvalue weighted by atomic mass is 79.9. The molecule has 0 unspecified atom stereocenters. The van der Waals surface area contributed by atoms with E-state index in [4.69, 9.17) is 0 Å². The van der Waals surface area contributed by atoms with E-state index in [1.54, 1.807) is 0 Å². The first-order chi connectivity index (χ1) is 8.13. The van der Waals surface area contributed by atoms with E-state index in [1.165, 1.54) is 5.69 Å². The van der Waals surface area contributed by atoms with Crippen LogP contribution in [0.1, 0.15) is 44.0 Å². The van der Waals surface area contributed by atoms with Gasteiger partial charge in [-0.05, 0) is 55.5 Å². The molecule has 1 aliphatic carbocycles. The first-order valence-corrected chi connectivity index (χ1v) is 7.17. The number of carbonyl (C=O) groups is 1. The Kier molecular flexibility index (Phi) is 4.02. The third-order valence-corrected chi connectivity index (χ3v) is 4.35. The number of halogens is 1. The number of nitrogens with zero attached hydrogens (tertiary/aromatic N) is 2. The summed E-state index contributed by atoms with van der Waals surface area (Å²) in [5, 5.41) is 4.46. The minimum absolute atomic E-state index is 0.399. The summed E-state index contributed by atoms with van der Waals surface area (Å²) in [6.07, 6.45) is 4.85. The molecule has 0 aromatic carbocycles. The number of rotatable bonds is 6. The molecule has 0 saturated heterocycles. The van der Waals surface area contributed by atoms with Crippen LogP contribution >= 0.6 is 15.9 Å². The zero-order valence-electron chi connectivity index (χ0n) is 10.5. The van der Waals surface area contributed by atoms with Crippen molar-refractivity contribution in [3.8, 4) is 0 Å². The number of aromatic nitrogens is 2. The highest BCUT2D eigenvalue weighted by molar-refractivity contribution is 9.10. The Morgan fingerprint density at radius 3 is 2.82 bits per heavy atom. The van der Waals surface area contributed by atoms with Crippen LogP contribution in [0.25, 0.3) is 0 Å². The first-order valence-electron chi connectivity index (χ1n) is 6.38. The number of aryl methyl sites for hydroxylation is 2. The summed E-state index contributed by atoms with van der Waals surface area (Å²) < 4.78 is 3.14. The fourth-order valence-electron chi connectivity index (χ4n) is 2.15. The van der Waals surface area contributed by atoms with Crippen molar-refractivity contribution in [3.05, 3.63) is 15.9 Å². The van der Waals surface area contributed by atoms with Crippen LogP contribution in [0, 0.1) is 12.8 Å². The highest BCUT2D eigenvalue weighted by Gasteiger charge is 2.28. The van der Waals surface area contributed by atoms with Gasteiger partial charge in [0.15, 0.2) is 0 Å². The maximum Gasteiger partial charge on any atom is 0.135 e. The SMILES string of the molecule is CCn1nc(C)c(Br)c1CCCC(=O)C1CC1. The minimum Gasteiger partial charge on any atom is -0.299 e. The van der Waals surface area contributed by atoms with Gasteiger partial charge in [0, 0.05) is 18.9 Å². The molecule has 0 aliphatic heterocycles. The van der Waals surface area contributed by atoms with Crippen LogP contribution in [-0.2, 0) is 17.8 Å². The van der Waals surface area contributed by atoms with Gasteiger partial charge in [-0.2, -0.15) is 5.10 Å². The molecule has 3 nitrogen and oxygen atoms in total. The van der Waals surface area contributed by atoms with Crippen molar-refractivity contribution in [3.63, 3.8) is 0 Å². The molecule has 2 rings (SSSR count). The number of hydrogen-bond donors (Lipinski definition) is 0. The first kappa shape index (κ1) is 12.8. The van der Waals surface area contributed by atoms with Gasteiger partial charge in [0.25, 0.3) is 0 Å². The normalized spacial score (nSPS) is 15.2. The molecule has 1 aromatic rings. The Balaban J connectivity index is 1.91. The Labute approximate surface area is 111 Å². The van der Waals surface area contributed by atoms with E-state index in [1.807, 2.05) is 11.6 Å². The molecule has 4 heteroatoms. The highest BCUT2D eigenvalue weighted by Crippen LogP contribution is 2.31. The van der Waals surface area contributed by atoms with E-state index in [2.05, 4.69) is 28.0 Å². The van der Waals surface area contributed by atoms with Crippen molar-refractivity contribution in [2.24, 2.45) is 5.92 Å². The van der Waals surface area contributed by atoms with Crippen molar-refractivity contribution >= 4 is 21.7 Å². The van der Waals surface area contributed by atoms with Crippen LogP contribution in [0.4, 0.5) is 0 Å². The van der Waals surface area contributed by atoms with Crippen LogP contribution in [-0.4, -0.2) is 15.6 Å². The topological polar surface area (TPSA) is 34.9 Å². The summed E-state index contributed by atoms with van der Waals surface area (Å²) in [5.74, 6) is 0.858. The molecule has 1 saturated carbocycles. The molecule has 0 atom stereocenters. The standard InChI is InChI=1S/C13H19BrN2O/c1-3-16-11(13(14)9(2)15-16)5-4-6-12(17)10-7-8-10/h10H,3-8H2,1-2H3. The van der Waals surface area contributed by atoms with Crippen molar-refractivity contribution in [2.45, 2.75) is 52.5 Å². The lowest BCUT2D eigenvalue weighted by Crippen LogP contribution is -2.05. The predicted octanol–water partition coefficient (Wildman–Crippen LogP) is 3.28. The zero-order valence-corrected chi connectivity index (χ0v) is 12.1. The largest absolute Gasteiger partial charge is 0.299 e. The Morgan fingerprint density at radius 2 is 2.24 bits per heavy atom. The lowest BCUT2D eigenvalue weighted by atomic mass is 10.1. The molecule has 0 N–H and O–H groups in total. The zero-order chi connectivity index (χ0) is 12.4. The van der Waals surface area contributed by atoms with Gasteiger partial charge in [0.2, 0.25) is 0 Å². The van der Waals surface area contributed by atoms with Crippen LogP contribution in [0.15, 0.2) is 4.47 Å². The summed E-state index contributed by atoms with van der Waals surface area (Å²) in [5.41, 5.74) is 2.27. The third kappa shape index (κ3) is 2.97. The molecule has 94 valence electrons. The fraction of sp³-hybridized carbons (Fsp3) is 0.692. The lowest BCUT2D eigenvalue weighted by Gasteiger charge is -2.05. The smallest absolute Gasteiger partial charge is 0.135 e. The molecule has 1 aliphatic rings. The summed E-state index contributed by atoms with van der Waals surface area (Å²) in [7, 11) is 0. The molecular weight excluding hydrogens is 280 g/mol. The Hall–Kier alpha value is -0.640. The van der Waals surface area contributed by atoms with Gasteiger partial charge < -0.3 is 0 Å². The predicted molar refractivity (Wildman–Crippen MR) is 71.0 cm³/mol. The molecule has 1 heterocycles. The maximum atomic E-state index is 11.6. The fourth-order valence-corrected chi connectivity index (χ4v) is 2.63. The van der Waals surface area contributed by atoms with E-state index in [0.717, 1.165) is 48.8 Å². The number of carbonyl (C=O) groups excluding carboxylic acids is 1. The van der Waals surface area contributed by atoms with Gasteiger partial charge in [-0.3, -0.25) is 9.48 Å². The second-order valence-corrected chi connectivity index (χ2v) is 5.55. The molecular formula is C13H19BrN2O. The lowest BCUT2D eigenvalue weighted by molar-refractivity contribution is -0.120. The maximum absolute atomic E-state index is 11.6. The summed E-state index contributed by atoms with van der Waals surface area (Å²) in [6, 6.07) is 0. The average molecular weight is 299 g/mol. The third-order valence-electron chi connectivity index (χ3n) is 3.32. The summed E-state index contributed by atoms with van der Waals surface area (Å²) in [6.45, 7) is 4.99. The van der Waals surface area contributed by atoms with Crippen molar-refractivity contribution in [2.75, 3.05) is 0 Å². The molecule has 1 aromatic heterocycles. The summed E-state index contributed by atoms with van der Waals surface area (Å²) in [4.78, 5) is 11.6. The monoisotopic (exact) mass is 298 g/mol. The second kappa shape index (κ2) is 5.34. The number of ketones is 1. The van der Waals surface area contributed by atoms with Gasteiger partial charge >= 0.3 is 0 Å². The quantitative estimate of drug-likeness (QED) is 0.808. The molecule has 17 heavy (non-hydrogen) atoms. The van der Waals surface area contributed by atoms with E-state index < -0.39 is 0 Å². The average Bonchev–Trinajstić information content (AvgIpc) is 3.11. The molecule has 0 bridgehead atoms. The van der Waals surface area contributed by atoms with Gasteiger partial charge in [-0.1, -0.05) is 0 Å². The minimum atomic E-state index is 0.399. The van der Waals surface area contributed by atoms with Gasteiger partial charge in [-0.15, -0.1) is 0 Å². The summed E-state index contributed by atoms with van der Waals surface area (Å²) >= 11 is 3.58. The van der Waals surface area contributed by atoms with Gasteiger partial charge in [0.1, 0.15) is 5.78 Å². The van der Waals surface area contributed by atoms with Crippen LogP contribution in [0.2, 0.25) is 0 Å². The van der Waals surface area contributed by atoms with Gasteiger partial charge in [-0.25, -0.2) is 0 Å². The van der Waals surface area contributed by atoms with Crippen molar-refractivity contribution < 1.29 is 4.79 Å². The van der Waals surface area contributed by atoms with Crippen LogP contribution in [0.3, 0.4) is 0 Å². The van der Waals surface area contributed by atoms with Crippen LogP contribution in [0.5, 0.6) is 0 Å². The van der Waals surface area contributed by atoms with Gasteiger partial charge in [0.05, 0.1) is 15.9 Å². The number of Topliss-reactive ketones (excluding diaryl/α,β-unsaturated/α-hetero) is 1. The Morgan fingerprint density at radius 1 is 1.53 bits per heavy atom. The molecule has 1 fully saturated rings. The van der Waals surface area contributed by atoms with E-state index in [9.17, 15) is 4.79 Å². The van der Waals surface area contributed by atoms with Crippen molar-refractivity contribution in [1.82, 2.24) is 9.78 Å². The molecule has 0 radical (unpaired) electrons. The number of hydrogen-bond acceptors (Lipinski definition) is 2.